The van der Waals surface area contributed by atoms with Gasteiger partial charge in [-0.1, -0.05) is 23.2 Å². The number of halogens is 3. The van der Waals surface area contributed by atoms with Crippen LogP contribution in [0.3, 0.4) is 0 Å². The summed E-state index contributed by atoms with van der Waals surface area (Å²) < 4.78 is 38.6. The van der Waals surface area contributed by atoms with Crippen LogP contribution in [0, 0.1) is 0 Å². The van der Waals surface area contributed by atoms with Gasteiger partial charge in [0.1, 0.15) is 5.75 Å². The molecule has 2 N–H and O–H groups in total. The lowest BCUT2D eigenvalue weighted by molar-refractivity contribution is -0.118. The van der Waals surface area contributed by atoms with Crippen LogP contribution in [-0.4, -0.2) is 28.0 Å². The van der Waals surface area contributed by atoms with E-state index in [4.69, 9.17) is 32.7 Å². The van der Waals surface area contributed by atoms with Crippen LogP contribution in [0.15, 0.2) is 70.0 Å². The van der Waals surface area contributed by atoms with Crippen LogP contribution in [0.25, 0.3) is 0 Å². The van der Waals surface area contributed by atoms with Crippen molar-refractivity contribution in [3.63, 3.8) is 0 Å². The number of methoxy groups -OCH3 is 1. The van der Waals surface area contributed by atoms with Crippen molar-refractivity contribution in [2.24, 2.45) is 0 Å². The summed E-state index contributed by atoms with van der Waals surface area (Å²) in [5.74, 6) is 0.454. The molecule has 0 radical (unpaired) electrons. The van der Waals surface area contributed by atoms with Gasteiger partial charge in [0.15, 0.2) is 12.4 Å². The molecular weight excluding hydrogens is 543 g/mol. The Kier molecular flexibility index (Phi) is 7.89. The highest BCUT2D eigenvalue weighted by atomic mass is 79.9. The molecule has 0 fully saturated rings. The van der Waals surface area contributed by atoms with E-state index in [0.717, 1.165) is 0 Å². The Bertz CT molecular complexity index is 1200. The van der Waals surface area contributed by atoms with Gasteiger partial charge in [-0.2, -0.15) is 0 Å². The monoisotopic (exact) mass is 558 g/mol. The van der Waals surface area contributed by atoms with Crippen molar-refractivity contribution in [1.82, 2.24) is 0 Å². The van der Waals surface area contributed by atoms with Gasteiger partial charge in [0.05, 0.1) is 21.5 Å². The van der Waals surface area contributed by atoms with Gasteiger partial charge in [0.25, 0.3) is 15.9 Å². The summed E-state index contributed by atoms with van der Waals surface area (Å²) in [5.41, 5.74) is 0.801. The highest BCUT2D eigenvalue weighted by Gasteiger charge is 2.15. The zero-order chi connectivity index (χ0) is 23.3. The van der Waals surface area contributed by atoms with E-state index in [1.807, 2.05) is 0 Å². The maximum atomic E-state index is 12.6. The number of rotatable bonds is 8. The lowest BCUT2D eigenvalue weighted by atomic mass is 10.3. The second-order valence-electron chi connectivity index (χ2n) is 6.39. The molecule has 0 spiro atoms. The average Bonchev–Trinajstić information content (AvgIpc) is 2.73. The number of carbonyl (C=O) groups is 1. The highest BCUT2D eigenvalue weighted by Crippen LogP contribution is 2.36. The third kappa shape index (κ3) is 6.29. The molecular formula is C21H17BrCl2N2O5S. The Hall–Kier alpha value is -2.46. The molecule has 3 aromatic rings. The number of hydrogen-bond donors (Lipinski definition) is 2. The number of hydrogen-bond acceptors (Lipinski definition) is 5. The molecule has 1 amide bonds. The van der Waals surface area contributed by atoms with Gasteiger partial charge in [-0.05, 0) is 76.6 Å². The van der Waals surface area contributed by atoms with E-state index in [-0.39, 0.29) is 22.3 Å². The van der Waals surface area contributed by atoms with Gasteiger partial charge in [0, 0.05) is 16.4 Å². The van der Waals surface area contributed by atoms with Crippen LogP contribution in [0.2, 0.25) is 10.0 Å². The normalized spacial score (nSPS) is 11.0. The zero-order valence-electron chi connectivity index (χ0n) is 16.6. The summed E-state index contributed by atoms with van der Waals surface area (Å²) in [6, 6.07) is 15.3. The third-order valence-electron chi connectivity index (χ3n) is 4.10. The molecule has 0 atom stereocenters. The van der Waals surface area contributed by atoms with Crippen LogP contribution >= 0.6 is 39.1 Å². The Labute approximate surface area is 203 Å². The Morgan fingerprint density at radius 2 is 1.62 bits per heavy atom. The number of amides is 1. The smallest absolute Gasteiger partial charge is 0.262 e. The predicted molar refractivity (Wildman–Crippen MR) is 129 cm³/mol. The lowest BCUT2D eigenvalue weighted by Gasteiger charge is -2.12. The molecule has 0 saturated heterocycles. The van der Waals surface area contributed by atoms with Crippen LogP contribution in [0.1, 0.15) is 0 Å². The predicted octanol–water partition coefficient (Wildman–Crippen LogP) is 5.58. The molecule has 0 aliphatic heterocycles. The maximum Gasteiger partial charge on any atom is 0.262 e. The van der Waals surface area contributed by atoms with Crippen molar-refractivity contribution >= 4 is 66.4 Å². The molecule has 0 aliphatic carbocycles. The Morgan fingerprint density at radius 3 is 2.22 bits per heavy atom. The van der Waals surface area contributed by atoms with Crippen LogP contribution in [0.4, 0.5) is 11.4 Å². The molecule has 168 valence electrons. The molecule has 0 bridgehead atoms. The second-order valence-corrected chi connectivity index (χ2v) is 9.77. The van der Waals surface area contributed by atoms with Gasteiger partial charge in [-0.25, -0.2) is 8.42 Å². The van der Waals surface area contributed by atoms with E-state index in [1.165, 1.54) is 37.4 Å². The van der Waals surface area contributed by atoms with E-state index >= 15 is 0 Å². The Balaban J connectivity index is 1.60. The third-order valence-corrected chi connectivity index (χ3v) is 6.59. The van der Waals surface area contributed by atoms with Gasteiger partial charge in [-0.3, -0.25) is 9.52 Å². The topological polar surface area (TPSA) is 93.7 Å². The maximum absolute atomic E-state index is 12.6. The summed E-state index contributed by atoms with van der Waals surface area (Å²) >= 11 is 15.2. The molecule has 0 aromatic heterocycles. The second kappa shape index (κ2) is 10.4. The van der Waals surface area contributed by atoms with Crippen molar-refractivity contribution in [3.05, 3.63) is 75.2 Å². The van der Waals surface area contributed by atoms with Crippen molar-refractivity contribution in [3.8, 4) is 11.5 Å². The van der Waals surface area contributed by atoms with Gasteiger partial charge in [0.2, 0.25) is 0 Å². The van der Waals surface area contributed by atoms with Gasteiger partial charge < -0.3 is 14.8 Å². The Morgan fingerprint density at radius 1 is 1.00 bits per heavy atom. The minimum absolute atomic E-state index is 0.0412. The molecule has 0 unspecified atom stereocenters. The lowest BCUT2D eigenvalue weighted by Crippen LogP contribution is -2.20. The van der Waals surface area contributed by atoms with Crippen LogP contribution < -0.4 is 19.5 Å². The number of nitrogens with one attached hydrogen (secondary N) is 2. The summed E-state index contributed by atoms with van der Waals surface area (Å²) in [6.07, 6.45) is 0. The molecule has 11 heteroatoms. The zero-order valence-corrected chi connectivity index (χ0v) is 20.5. The molecule has 7 nitrogen and oxygen atoms in total. The summed E-state index contributed by atoms with van der Waals surface area (Å²) in [4.78, 5) is 12.2. The summed E-state index contributed by atoms with van der Waals surface area (Å²) in [7, 11) is -2.27. The SMILES string of the molecule is COc1ccc(NS(=O)(=O)c2ccc(NC(=O)COc3c(Cl)cc(Cl)cc3Br)cc2)cc1. The van der Waals surface area contributed by atoms with Crippen molar-refractivity contribution in [2.45, 2.75) is 4.90 Å². The quantitative estimate of drug-likeness (QED) is 0.375. The van der Waals surface area contributed by atoms with Crippen LogP contribution in [0.5, 0.6) is 11.5 Å². The minimum Gasteiger partial charge on any atom is -0.497 e. The average molecular weight is 560 g/mol. The summed E-state index contributed by atoms with van der Waals surface area (Å²) in [6.45, 7) is -0.307. The van der Waals surface area contributed by atoms with Gasteiger partial charge >= 0.3 is 0 Å². The molecule has 3 rings (SSSR count). The van der Waals surface area contributed by atoms with E-state index in [2.05, 4.69) is 26.0 Å². The fourth-order valence-electron chi connectivity index (χ4n) is 2.59. The number of ether oxygens (including phenoxy) is 2. The summed E-state index contributed by atoms with van der Waals surface area (Å²) in [5, 5.41) is 3.31. The van der Waals surface area contributed by atoms with Crippen LogP contribution in [-0.2, 0) is 14.8 Å². The minimum atomic E-state index is -3.80. The molecule has 0 aliphatic rings. The molecule has 3 aromatic carbocycles. The van der Waals surface area contributed by atoms with Crippen molar-refractivity contribution in [2.75, 3.05) is 23.8 Å². The van der Waals surface area contributed by atoms with E-state index < -0.39 is 15.9 Å². The first-order valence-electron chi connectivity index (χ1n) is 9.02. The fraction of sp³-hybridized carbons (Fsp3) is 0.0952. The number of benzene rings is 3. The molecule has 0 heterocycles. The van der Waals surface area contributed by atoms with Gasteiger partial charge in [-0.15, -0.1) is 0 Å². The number of sulfonamides is 1. The first kappa shape index (κ1) is 24.2. The standard InChI is InChI=1S/C21H17BrCl2N2O5S/c1-30-16-6-2-15(3-7-16)26-32(28,29)17-8-4-14(5-9-17)25-20(27)12-31-21-18(22)10-13(23)11-19(21)24/h2-11,26H,12H2,1H3,(H,25,27). The van der Waals surface area contributed by atoms with E-state index in [0.29, 0.717) is 26.6 Å². The van der Waals surface area contributed by atoms with E-state index in [9.17, 15) is 13.2 Å². The largest absolute Gasteiger partial charge is 0.497 e. The number of anilines is 2. The molecule has 0 saturated carbocycles. The van der Waals surface area contributed by atoms with Crippen molar-refractivity contribution < 1.29 is 22.7 Å². The number of carbonyl (C=O) groups excluding carboxylic acids is 1. The van der Waals surface area contributed by atoms with Crippen molar-refractivity contribution in [1.29, 1.82) is 0 Å². The first-order valence-corrected chi connectivity index (χ1v) is 12.1. The fourth-order valence-corrected chi connectivity index (χ4v) is 5.02. The van der Waals surface area contributed by atoms with E-state index in [1.54, 1.807) is 30.3 Å². The first-order chi connectivity index (χ1) is 15.2. The highest BCUT2D eigenvalue weighted by molar-refractivity contribution is 9.10. The molecule has 32 heavy (non-hydrogen) atoms.